The Labute approximate surface area is 168 Å². The highest BCUT2D eigenvalue weighted by Crippen LogP contribution is 2.20. The highest BCUT2D eigenvalue weighted by molar-refractivity contribution is 7.09. The molecule has 1 aliphatic rings. The number of pyridine rings is 1. The van der Waals surface area contributed by atoms with Crippen molar-refractivity contribution in [2.75, 3.05) is 23.3 Å². The standard InChI is InChI=1S/C21H22N4O2S/c1-15-23-18(14-28-15)13-27-19-6-4-5-16(11-19)21(26)24-17-7-8-20(22-12-17)25-9-2-3-10-25/h4-8,11-12,14H,2-3,9-10,13H2,1H3,(H,24,26). The van der Waals surface area contributed by atoms with Crippen LogP contribution < -0.4 is 15.0 Å². The topological polar surface area (TPSA) is 67.3 Å². The summed E-state index contributed by atoms with van der Waals surface area (Å²) < 4.78 is 5.77. The molecule has 1 aromatic carbocycles. The molecule has 1 saturated heterocycles. The molecule has 0 spiro atoms. The van der Waals surface area contributed by atoms with Gasteiger partial charge in [0.1, 0.15) is 18.2 Å². The predicted molar refractivity (Wildman–Crippen MR) is 111 cm³/mol. The van der Waals surface area contributed by atoms with Gasteiger partial charge in [-0.05, 0) is 50.1 Å². The number of anilines is 2. The van der Waals surface area contributed by atoms with Crippen molar-refractivity contribution in [3.8, 4) is 5.75 Å². The molecule has 6 nitrogen and oxygen atoms in total. The van der Waals surface area contributed by atoms with Crippen LogP contribution in [0.25, 0.3) is 0 Å². The smallest absolute Gasteiger partial charge is 0.255 e. The van der Waals surface area contributed by atoms with E-state index < -0.39 is 0 Å². The number of carbonyl (C=O) groups is 1. The highest BCUT2D eigenvalue weighted by atomic mass is 32.1. The van der Waals surface area contributed by atoms with Gasteiger partial charge >= 0.3 is 0 Å². The molecule has 1 N–H and O–H groups in total. The molecular weight excluding hydrogens is 372 g/mol. The van der Waals surface area contributed by atoms with Crippen LogP contribution in [0.3, 0.4) is 0 Å². The fourth-order valence-electron chi connectivity index (χ4n) is 3.16. The number of hydrogen-bond acceptors (Lipinski definition) is 6. The maximum atomic E-state index is 12.6. The molecule has 1 amide bonds. The number of amides is 1. The van der Waals surface area contributed by atoms with Crippen LogP contribution in [-0.4, -0.2) is 29.0 Å². The summed E-state index contributed by atoms with van der Waals surface area (Å²) in [5.41, 5.74) is 2.11. The predicted octanol–water partition coefficient (Wildman–Crippen LogP) is 4.28. The summed E-state index contributed by atoms with van der Waals surface area (Å²) in [6.07, 6.45) is 4.12. The molecule has 7 heteroatoms. The second kappa shape index (κ2) is 8.39. The highest BCUT2D eigenvalue weighted by Gasteiger charge is 2.14. The van der Waals surface area contributed by atoms with E-state index in [9.17, 15) is 4.79 Å². The fraction of sp³-hybridized carbons (Fsp3) is 0.286. The van der Waals surface area contributed by atoms with E-state index in [1.165, 1.54) is 12.8 Å². The Morgan fingerprint density at radius 3 is 2.82 bits per heavy atom. The quantitative estimate of drug-likeness (QED) is 0.676. The van der Waals surface area contributed by atoms with Gasteiger partial charge in [-0.2, -0.15) is 0 Å². The van der Waals surface area contributed by atoms with Gasteiger partial charge in [0.05, 0.1) is 22.6 Å². The van der Waals surface area contributed by atoms with Gasteiger partial charge in [-0.15, -0.1) is 11.3 Å². The average molecular weight is 395 g/mol. The van der Waals surface area contributed by atoms with E-state index in [4.69, 9.17) is 4.74 Å². The molecule has 0 aliphatic carbocycles. The Morgan fingerprint density at radius 1 is 1.25 bits per heavy atom. The van der Waals surface area contributed by atoms with Crippen LogP contribution >= 0.6 is 11.3 Å². The van der Waals surface area contributed by atoms with Gasteiger partial charge < -0.3 is 15.0 Å². The molecule has 1 fully saturated rings. The number of nitrogens with one attached hydrogen (secondary N) is 1. The zero-order valence-corrected chi connectivity index (χ0v) is 16.5. The van der Waals surface area contributed by atoms with Crippen molar-refractivity contribution in [3.63, 3.8) is 0 Å². The van der Waals surface area contributed by atoms with Gasteiger partial charge in [-0.1, -0.05) is 6.07 Å². The third-order valence-electron chi connectivity index (χ3n) is 4.59. The first kappa shape index (κ1) is 18.4. The molecule has 0 saturated carbocycles. The molecular formula is C21H22N4O2S. The summed E-state index contributed by atoms with van der Waals surface area (Å²) in [4.78, 5) is 23.7. The van der Waals surface area contributed by atoms with Crippen molar-refractivity contribution in [1.29, 1.82) is 0 Å². The van der Waals surface area contributed by atoms with Crippen molar-refractivity contribution in [3.05, 3.63) is 64.2 Å². The van der Waals surface area contributed by atoms with E-state index in [1.54, 1.807) is 29.7 Å². The fourth-order valence-corrected chi connectivity index (χ4v) is 3.75. The van der Waals surface area contributed by atoms with Gasteiger partial charge in [0.15, 0.2) is 0 Å². The first-order valence-corrected chi connectivity index (χ1v) is 10.2. The Balaban J connectivity index is 1.37. The van der Waals surface area contributed by atoms with Crippen LogP contribution in [0, 0.1) is 6.92 Å². The summed E-state index contributed by atoms with van der Waals surface area (Å²) in [6, 6.07) is 11.0. The molecule has 4 rings (SSSR count). The summed E-state index contributed by atoms with van der Waals surface area (Å²) in [5.74, 6) is 1.41. The Morgan fingerprint density at radius 2 is 2.11 bits per heavy atom. The number of thiazole rings is 1. The van der Waals surface area contributed by atoms with E-state index in [1.807, 2.05) is 36.6 Å². The molecule has 0 radical (unpaired) electrons. The number of ether oxygens (including phenoxy) is 1. The van der Waals surface area contributed by atoms with Gasteiger partial charge in [0, 0.05) is 24.0 Å². The minimum atomic E-state index is -0.189. The van der Waals surface area contributed by atoms with Crippen LogP contribution in [0.4, 0.5) is 11.5 Å². The minimum absolute atomic E-state index is 0.189. The van der Waals surface area contributed by atoms with Crippen molar-refractivity contribution in [2.24, 2.45) is 0 Å². The van der Waals surface area contributed by atoms with Crippen molar-refractivity contribution < 1.29 is 9.53 Å². The second-order valence-electron chi connectivity index (χ2n) is 6.73. The van der Waals surface area contributed by atoms with Crippen molar-refractivity contribution >= 4 is 28.7 Å². The van der Waals surface area contributed by atoms with E-state index in [0.717, 1.165) is 29.6 Å². The summed E-state index contributed by atoms with van der Waals surface area (Å²) in [6.45, 7) is 4.45. The number of benzene rings is 1. The third-order valence-corrected chi connectivity index (χ3v) is 5.41. The lowest BCUT2D eigenvalue weighted by atomic mass is 10.2. The number of hydrogen-bond donors (Lipinski definition) is 1. The lowest BCUT2D eigenvalue weighted by molar-refractivity contribution is 0.102. The lowest BCUT2D eigenvalue weighted by Gasteiger charge is -2.16. The third kappa shape index (κ3) is 4.48. The van der Waals surface area contributed by atoms with Gasteiger partial charge in [-0.3, -0.25) is 4.79 Å². The maximum absolute atomic E-state index is 12.6. The van der Waals surface area contributed by atoms with Crippen molar-refractivity contribution in [1.82, 2.24) is 9.97 Å². The zero-order valence-electron chi connectivity index (χ0n) is 15.7. The van der Waals surface area contributed by atoms with E-state index >= 15 is 0 Å². The molecule has 0 unspecified atom stereocenters. The molecule has 144 valence electrons. The van der Waals surface area contributed by atoms with Crippen molar-refractivity contribution in [2.45, 2.75) is 26.4 Å². The van der Waals surface area contributed by atoms with Gasteiger partial charge in [0.2, 0.25) is 0 Å². The summed E-state index contributed by atoms with van der Waals surface area (Å²) in [7, 11) is 0. The average Bonchev–Trinajstić information content (AvgIpc) is 3.39. The minimum Gasteiger partial charge on any atom is -0.487 e. The molecule has 1 aliphatic heterocycles. The van der Waals surface area contributed by atoms with Crippen LogP contribution in [0.2, 0.25) is 0 Å². The molecule has 2 aromatic heterocycles. The summed E-state index contributed by atoms with van der Waals surface area (Å²) in [5, 5.41) is 5.88. The first-order chi connectivity index (χ1) is 13.7. The Hall–Kier alpha value is -2.93. The molecule has 0 atom stereocenters. The van der Waals surface area contributed by atoms with Crippen LogP contribution in [0.15, 0.2) is 48.0 Å². The Kier molecular flexibility index (Phi) is 5.53. The lowest BCUT2D eigenvalue weighted by Crippen LogP contribution is -2.19. The van der Waals surface area contributed by atoms with E-state index in [0.29, 0.717) is 23.6 Å². The largest absolute Gasteiger partial charge is 0.487 e. The number of aryl methyl sites for hydroxylation is 1. The molecule has 0 bridgehead atoms. The molecule has 28 heavy (non-hydrogen) atoms. The summed E-state index contributed by atoms with van der Waals surface area (Å²) >= 11 is 1.59. The maximum Gasteiger partial charge on any atom is 0.255 e. The second-order valence-corrected chi connectivity index (χ2v) is 7.79. The van der Waals surface area contributed by atoms with Gasteiger partial charge in [0.25, 0.3) is 5.91 Å². The zero-order chi connectivity index (χ0) is 19.3. The number of nitrogens with zero attached hydrogens (tertiary/aromatic N) is 3. The number of carbonyl (C=O) groups excluding carboxylic acids is 1. The Bertz CT molecular complexity index is 949. The van der Waals surface area contributed by atoms with Crippen LogP contribution in [-0.2, 0) is 6.61 Å². The molecule has 3 heterocycles. The van der Waals surface area contributed by atoms with E-state index in [-0.39, 0.29) is 5.91 Å². The number of aromatic nitrogens is 2. The normalized spacial score (nSPS) is 13.5. The molecule has 3 aromatic rings. The van der Waals surface area contributed by atoms with Crippen LogP contribution in [0.5, 0.6) is 5.75 Å². The number of rotatable bonds is 6. The van der Waals surface area contributed by atoms with Crippen LogP contribution in [0.1, 0.15) is 33.9 Å². The van der Waals surface area contributed by atoms with Gasteiger partial charge in [-0.25, -0.2) is 9.97 Å². The monoisotopic (exact) mass is 394 g/mol. The SMILES string of the molecule is Cc1nc(COc2cccc(C(=O)Nc3ccc(N4CCCC4)nc3)c2)cs1. The van der Waals surface area contributed by atoms with E-state index in [2.05, 4.69) is 20.2 Å². The first-order valence-electron chi connectivity index (χ1n) is 9.33.